The number of aromatic nitrogens is 1. The lowest BCUT2D eigenvalue weighted by Crippen LogP contribution is -2.34. The van der Waals surface area contributed by atoms with Crippen LogP contribution in [0.3, 0.4) is 0 Å². The Hall–Kier alpha value is -2.22. The molecule has 2 N–H and O–H groups in total. The number of amides is 1. The van der Waals surface area contributed by atoms with Crippen LogP contribution in [-0.2, 0) is 14.8 Å². The molecule has 0 spiro atoms. The molecule has 8 heteroatoms. The smallest absolute Gasteiger partial charge is 0.244 e. The molecule has 1 aromatic heterocycles. The van der Waals surface area contributed by atoms with Crippen LogP contribution < -0.4 is 10.0 Å². The Morgan fingerprint density at radius 1 is 1.21 bits per heavy atom. The summed E-state index contributed by atoms with van der Waals surface area (Å²) in [5.74, 6) is -0.319. The van der Waals surface area contributed by atoms with Gasteiger partial charge in [0.25, 0.3) is 0 Å². The van der Waals surface area contributed by atoms with Gasteiger partial charge < -0.3 is 5.32 Å². The van der Waals surface area contributed by atoms with Crippen LogP contribution >= 0.6 is 11.6 Å². The first-order valence-corrected chi connectivity index (χ1v) is 8.95. The van der Waals surface area contributed by atoms with Crippen molar-refractivity contribution in [1.82, 2.24) is 15.0 Å². The molecule has 2 aromatic rings. The summed E-state index contributed by atoms with van der Waals surface area (Å²) < 4.78 is 26.5. The summed E-state index contributed by atoms with van der Waals surface area (Å²) in [4.78, 5) is 15.7. The van der Waals surface area contributed by atoms with E-state index in [9.17, 15) is 13.2 Å². The molecule has 0 aliphatic heterocycles. The van der Waals surface area contributed by atoms with Crippen LogP contribution in [0.1, 0.15) is 5.56 Å². The SMILES string of the molecule is O=C(C=Cc1cccnc1)NCCNS(=O)(=O)c1cccc(Cl)c1. The summed E-state index contributed by atoms with van der Waals surface area (Å²) in [7, 11) is -3.65. The van der Waals surface area contributed by atoms with Crippen molar-refractivity contribution in [3.63, 3.8) is 0 Å². The second-order valence-corrected chi connectivity index (χ2v) is 6.97. The second-order valence-electron chi connectivity index (χ2n) is 4.77. The highest BCUT2D eigenvalue weighted by atomic mass is 35.5. The monoisotopic (exact) mass is 365 g/mol. The number of nitrogens with one attached hydrogen (secondary N) is 2. The molecule has 0 aliphatic carbocycles. The van der Waals surface area contributed by atoms with Crippen LogP contribution in [0.15, 0.2) is 59.8 Å². The maximum atomic E-state index is 12.0. The summed E-state index contributed by atoms with van der Waals surface area (Å²) in [6.45, 7) is 0.233. The number of sulfonamides is 1. The zero-order valence-electron chi connectivity index (χ0n) is 12.6. The van der Waals surface area contributed by atoms with Gasteiger partial charge in [0.1, 0.15) is 0 Å². The molecule has 1 amide bonds. The van der Waals surface area contributed by atoms with Gasteiger partial charge in [-0.15, -0.1) is 0 Å². The van der Waals surface area contributed by atoms with Crippen LogP contribution in [-0.4, -0.2) is 32.4 Å². The molecular weight excluding hydrogens is 350 g/mol. The first-order valence-electron chi connectivity index (χ1n) is 7.08. The maximum Gasteiger partial charge on any atom is 0.244 e. The van der Waals surface area contributed by atoms with Gasteiger partial charge in [0, 0.05) is 36.6 Å². The number of hydrogen-bond donors (Lipinski definition) is 2. The largest absolute Gasteiger partial charge is 0.351 e. The van der Waals surface area contributed by atoms with Crippen LogP contribution in [0.5, 0.6) is 0 Å². The Morgan fingerprint density at radius 2 is 2.04 bits per heavy atom. The Labute approximate surface area is 145 Å². The lowest BCUT2D eigenvalue weighted by Gasteiger charge is -2.07. The highest BCUT2D eigenvalue weighted by Gasteiger charge is 2.13. The van der Waals surface area contributed by atoms with Gasteiger partial charge in [-0.25, -0.2) is 13.1 Å². The van der Waals surface area contributed by atoms with Crippen LogP contribution in [0.25, 0.3) is 6.08 Å². The Morgan fingerprint density at radius 3 is 2.75 bits per heavy atom. The molecule has 6 nitrogen and oxygen atoms in total. The van der Waals surface area contributed by atoms with Gasteiger partial charge in [0.05, 0.1) is 4.90 Å². The molecule has 24 heavy (non-hydrogen) atoms. The summed E-state index contributed by atoms with van der Waals surface area (Å²) in [6.07, 6.45) is 6.26. The first kappa shape index (κ1) is 18.1. The molecule has 126 valence electrons. The molecule has 0 aliphatic rings. The number of rotatable bonds is 7. The third kappa shape index (κ3) is 5.77. The van der Waals surface area contributed by atoms with Gasteiger partial charge in [-0.05, 0) is 35.9 Å². The van der Waals surface area contributed by atoms with Gasteiger partial charge in [0.15, 0.2) is 0 Å². The van der Waals surface area contributed by atoms with Crippen molar-refractivity contribution in [1.29, 1.82) is 0 Å². The number of carbonyl (C=O) groups excluding carboxylic acids is 1. The van der Waals surface area contributed by atoms with E-state index in [1.807, 2.05) is 6.07 Å². The van der Waals surface area contributed by atoms with Gasteiger partial charge >= 0.3 is 0 Å². The van der Waals surface area contributed by atoms with Crippen molar-refractivity contribution in [2.24, 2.45) is 0 Å². The Kier molecular flexibility index (Phi) is 6.48. The van der Waals surface area contributed by atoms with Crippen LogP contribution in [0.4, 0.5) is 0 Å². The van der Waals surface area contributed by atoms with Crippen molar-refractivity contribution in [3.8, 4) is 0 Å². The number of nitrogens with zero attached hydrogens (tertiary/aromatic N) is 1. The van der Waals surface area contributed by atoms with E-state index in [4.69, 9.17) is 11.6 Å². The molecule has 0 bridgehead atoms. The fraction of sp³-hybridized carbons (Fsp3) is 0.125. The van der Waals surface area contributed by atoms with E-state index in [2.05, 4.69) is 15.0 Å². The predicted octanol–water partition coefficient (Wildman–Crippen LogP) is 1.84. The van der Waals surface area contributed by atoms with Crippen LogP contribution in [0.2, 0.25) is 5.02 Å². The van der Waals surface area contributed by atoms with E-state index in [-0.39, 0.29) is 23.9 Å². The average Bonchev–Trinajstić information content (AvgIpc) is 2.58. The van der Waals surface area contributed by atoms with E-state index in [0.717, 1.165) is 5.56 Å². The van der Waals surface area contributed by atoms with Crippen molar-refractivity contribution < 1.29 is 13.2 Å². The average molecular weight is 366 g/mol. The molecule has 0 atom stereocenters. The number of benzene rings is 1. The maximum absolute atomic E-state index is 12.0. The second kappa shape index (κ2) is 8.58. The molecule has 0 saturated heterocycles. The number of halogens is 1. The first-order chi connectivity index (χ1) is 11.5. The number of hydrogen-bond acceptors (Lipinski definition) is 4. The third-order valence-corrected chi connectivity index (χ3v) is 4.63. The highest BCUT2D eigenvalue weighted by molar-refractivity contribution is 7.89. The van der Waals surface area contributed by atoms with Crippen LogP contribution in [0, 0.1) is 0 Å². The summed E-state index contributed by atoms with van der Waals surface area (Å²) >= 11 is 5.78. The summed E-state index contributed by atoms with van der Waals surface area (Å²) in [5.41, 5.74) is 0.800. The molecule has 0 fully saturated rings. The van der Waals surface area contributed by atoms with E-state index in [1.54, 1.807) is 36.7 Å². The predicted molar refractivity (Wildman–Crippen MR) is 92.9 cm³/mol. The molecule has 1 aromatic carbocycles. The molecule has 1 heterocycles. The minimum absolute atomic E-state index is 0.0708. The van der Waals surface area contributed by atoms with Crippen molar-refractivity contribution in [2.45, 2.75) is 4.90 Å². The zero-order valence-corrected chi connectivity index (χ0v) is 14.2. The highest BCUT2D eigenvalue weighted by Crippen LogP contribution is 2.14. The quantitative estimate of drug-likeness (QED) is 0.579. The zero-order chi connectivity index (χ0) is 17.4. The normalized spacial score (nSPS) is 11.5. The number of carbonyl (C=O) groups is 1. The van der Waals surface area contributed by atoms with E-state index < -0.39 is 10.0 Å². The van der Waals surface area contributed by atoms with E-state index in [0.29, 0.717) is 5.02 Å². The molecule has 0 saturated carbocycles. The van der Waals surface area contributed by atoms with Gasteiger partial charge in [0.2, 0.25) is 15.9 Å². The molecular formula is C16H16ClN3O3S. The lowest BCUT2D eigenvalue weighted by molar-refractivity contribution is -0.116. The lowest BCUT2D eigenvalue weighted by atomic mass is 10.2. The van der Waals surface area contributed by atoms with E-state index in [1.165, 1.54) is 18.2 Å². The summed E-state index contributed by atoms with van der Waals surface area (Å²) in [5, 5.41) is 2.93. The third-order valence-electron chi connectivity index (χ3n) is 2.93. The molecule has 0 radical (unpaired) electrons. The summed E-state index contributed by atoms with van der Waals surface area (Å²) in [6, 6.07) is 9.54. The van der Waals surface area contributed by atoms with Crippen molar-refractivity contribution in [3.05, 3.63) is 65.5 Å². The Balaban J connectivity index is 1.78. The topological polar surface area (TPSA) is 88.2 Å². The number of pyridine rings is 1. The fourth-order valence-corrected chi connectivity index (χ4v) is 3.13. The fourth-order valence-electron chi connectivity index (χ4n) is 1.79. The molecule has 2 rings (SSSR count). The molecule has 0 unspecified atom stereocenters. The Bertz CT molecular complexity index is 823. The minimum Gasteiger partial charge on any atom is -0.351 e. The standard InChI is InChI=1S/C16H16ClN3O3S/c17-14-4-1-5-15(11-14)24(22,23)20-10-9-19-16(21)7-6-13-3-2-8-18-12-13/h1-8,11-12,20H,9-10H2,(H,19,21). The van der Waals surface area contributed by atoms with E-state index >= 15 is 0 Å². The van der Waals surface area contributed by atoms with Gasteiger partial charge in [-0.3, -0.25) is 9.78 Å². The van der Waals surface area contributed by atoms with Gasteiger partial charge in [-0.1, -0.05) is 23.7 Å². The van der Waals surface area contributed by atoms with Crippen molar-refractivity contribution >= 4 is 33.6 Å². The van der Waals surface area contributed by atoms with Gasteiger partial charge in [-0.2, -0.15) is 0 Å². The van der Waals surface area contributed by atoms with Crippen molar-refractivity contribution in [2.75, 3.05) is 13.1 Å². The minimum atomic E-state index is -3.65.